The number of imidazole rings is 1. The van der Waals surface area contributed by atoms with E-state index in [2.05, 4.69) is 30.3 Å². The molecule has 3 atom stereocenters. The number of rotatable bonds is 6. The van der Waals surface area contributed by atoms with Crippen molar-refractivity contribution in [3.05, 3.63) is 41.1 Å². The number of nitrogens with zero attached hydrogens (tertiary/aromatic N) is 5. The quantitative estimate of drug-likeness (QED) is 0.444. The first-order valence-corrected chi connectivity index (χ1v) is 12.6. The number of hydrogen-bond acceptors (Lipinski definition) is 7. The van der Waals surface area contributed by atoms with E-state index in [4.69, 9.17) is 0 Å². The molecule has 1 aliphatic heterocycles. The Bertz CT molecular complexity index is 1360. The molecule has 0 radical (unpaired) electrons. The molecular weight excluding hydrogens is 529 g/mol. The summed E-state index contributed by atoms with van der Waals surface area (Å²) in [6, 6.07) is -0.905. The Morgan fingerprint density at radius 3 is 2.62 bits per heavy atom. The summed E-state index contributed by atoms with van der Waals surface area (Å²) >= 11 is 0. The fourth-order valence-electron chi connectivity index (χ4n) is 5.26. The van der Waals surface area contributed by atoms with Crippen LogP contribution in [0.4, 0.5) is 22.0 Å². The molecule has 39 heavy (non-hydrogen) atoms. The molecular formula is C24H26F5N7O3. The first-order valence-electron chi connectivity index (χ1n) is 12.6. The van der Waals surface area contributed by atoms with Crippen LogP contribution in [-0.4, -0.2) is 54.9 Å². The van der Waals surface area contributed by atoms with Gasteiger partial charge in [0.05, 0.1) is 24.1 Å². The molecule has 0 bridgehead atoms. The second kappa shape index (κ2) is 10.2. The van der Waals surface area contributed by atoms with Gasteiger partial charge in [-0.3, -0.25) is 9.59 Å². The predicted octanol–water partition coefficient (Wildman–Crippen LogP) is 3.72. The lowest BCUT2D eigenvalue weighted by atomic mass is 9.81. The van der Waals surface area contributed by atoms with Crippen LogP contribution in [0.2, 0.25) is 0 Å². The fraction of sp³-hybridized carbons (Fsp3) is 0.583. The number of fused-ring (bicyclic) bond motifs is 1. The smallest absolute Gasteiger partial charge is 0.344 e. The minimum Gasteiger partial charge on any atom is -0.344 e. The van der Waals surface area contributed by atoms with E-state index in [0.29, 0.717) is 16.9 Å². The zero-order valence-electron chi connectivity index (χ0n) is 20.8. The van der Waals surface area contributed by atoms with Gasteiger partial charge in [-0.25, -0.2) is 22.9 Å². The van der Waals surface area contributed by atoms with Crippen molar-refractivity contribution in [3.8, 4) is 0 Å². The number of aryl methyl sites for hydroxylation is 1. The number of piperidine rings is 1. The number of aromatic nitrogens is 5. The maximum Gasteiger partial charge on any atom is 0.408 e. The molecule has 5 rings (SSSR count). The average Bonchev–Trinajstić information content (AvgIpc) is 3.49. The van der Waals surface area contributed by atoms with Gasteiger partial charge in [-0.2, -0.15) is 18.3 Å². The molecule has 3 aromatic heterocycles. The summed E-state index contributed by atoms with van der Waals surface area (Å²) in [4.78, 5) is 29.8. The first kappa shape index (κ1) is 26.9. The van der Waals surface area contributed by atoms with E-state index in [9.17, 15) is 31.5 Å². The Morgan fingerprint density at radius 2 is 1.97 bits per heavy atom. The minimum absolute atomic E-state index is 0.0242. The van der Waals surface area contributed by atoms with Gasteiger partial charge in [0, 0.05) is 18.8 Å². The highest BCUT2D eigenvalue weighted by Gasteiger charge is 2.44. The molecule has 0 unspecified atom stereocenters. The molecule has 15 heteroatoms. The topological polar surface area (TPSA) is 127 Å². The van der Waals surface area contributed by atoms with E-state index in [1.54, 1.807) is 19.2 Å². The Labute approximate surface area is 218 Å². The van der Waals surface area contributed by atoms with Gasteiger partial charge in [0.1, 0.15) is 11.7 Å². The van der Waals surface area contributed by atoms with E-state index in [0.717, 1.165) is 0 Å². The summed E-state index contributed by atoms with van der Waals surface area (Å²) in [5, 5.41) is 16.4. The summed E-state index contributed by atoms with van der Waals surface area (Å²) in [5.41, 5.74) is 1.64. The molecule has 210 valence electrons. The maximum absolute atomic E-state index is 13.9. The lowest BCUT2D eigenvalue weighted by molar-refractivity contribution is -0.169. The van der Waals surface area contributed by atoms with Crippen molar-refractivity contribution in [1.29, 1.82) is 0 Å². The number of hydrogen-bond donors (Lipinski definition) is 2. The Kier molecular flexibility index (Phi) is 7.01. The van der Waals surface area contributed by atoms with E-state index >= 15 is 0 Å². The Balaban J connectivity index is 1.36. The van der Waals surface area contributed by atoms with Gasteiger partial charge in [0.25, 0.3) is 5.91 Å². The molecule has 2 N–H and O–H groups in total. The number of halogens is 5. The zero-order chi connectivity index (χ0) is 27.9. The maximum atomic E-state index is 13.9. The second-order valence-corrected chi connectivity index (χ2v) is 10.3. The highest BCUT2D eigenvalue weighted by Crippen LogP contribution is 2.41. The van der Waals surface area contributed by atoms with Crippen molar-refractivity contribution in [1.82, 2.24) is 35.5 Å². The van der Waals surface area contributed by atoms with Gasteiger partial charge in [-0.05, 0) is 61.7 Å². The van der Waals surface area contributed by atoms with E-state index in [1.165, 1.54) is 10.7 Å². The van der Waals surface area contributed by atoms with Gasteiger partial charge in [-0.15, -0.1) is 0 Å². The van der Waals surface area contributed by atoms with Gasteiger partial charge in [-0.1, -0.05) is 5.16 Å². The predicted molar refractivity (Wildman–Crippen MR) is 124 cm³/mol. The summed E-state index contributed by atoms with van der Waals surface area (Å²) in [6.07, 6.45) is -1.65. The lowest BCUT2D eigenvalue weighted by Crippen LogP contribution is -2.51. The number of carbonyl (C=O) groups is 2. The van der Waals surface area contributed by atoms with Crippen LogP contribution < -0.4 is 10.6 Å². The number of carbonyl (C=O) groups excluding carboxylic acids is 2. The van der Waals surface area contributed by atoms with Crippen LogP contribution in [0.25, 0.3) is 5.65 Å². The molecule has 4 heterocycles. The molecule has 0 aromatic carbocycles. The molecule has 1 saturated heterocycles. The number of nitrogens with one attached hydrogen (secondary N) is 2. The monoisotopic (exact) mass is 555 g/mol. The van der Waals surface area contributed by atoms with Crippen LogP contribution in [0.3, 0.4) is 0 Å². The van der Waals surface area contributed by atoms with Crippen LogP contribution >= 0.6 is 0 Å². The van der Waals surface area contributed by atoms with Crippen LogP contribution in [-0.2, 0) is 11.2 Å². The summed E-state index contributed by atoms with van der Waals surface area (Å²) < 4.78 is 72.6. The van der Waals surface area contributed by atoms with Crippen LogP contribution in [0.15, 0.2) is 23.1 Å². The summed E-state index contributed by atoms with van der Waals surface area (Å²) in [7, 11) is 0. The van der Waals surface area contributed by atoms with Crippen molar-refractivity contribution in [3.63, 3.8) is 0 Å². The number of amides is 2. The molecule has 2 amide bonds. The third-order valence-electron chi connectivity index (χ3n) is 7.47. The van der Waals surface area contributed by atoms with Gasteiger partial charge in [0.15, 0.2) is 11.3 Å². The van der Waals surface area contributed by atoms with Crippen molar-refractivity contribution in [2.24, 2.45) is 11.8 Å². The highest BCUT2D eigenvalue weighted by atomic mass is 19.4. The average molecular weight is 556 g/mol. The van der Waals surface area contributed by atoms with Crippen molar-refractivity contribution in [2.45, 2.75) is 76.1 Å². The lowest BCUT2D eigenvalue weighted by Gasteiger charge is -2.33. The first-order chi connectivity index (χ1) is 18.4. The third kappa shape index (κ3) is 5.86. The van der Waals surface area contributed by atoms with Gasteiger partial charge in [0.2, 0.25) is 11.8 Å². The highest BCUT2D eigenvalue weighted by molar-refractivity contribution is 5.93. The SMILES string of the molecule is Cc1nonc1C(=O)N[C@H](c1cn2ncc(C[C@H]3CC[C@@H](C(F)(F)F)NC3=O)cc2n1)C1CCC(F)(F)CC1. The van der Waals surface area contributed by atoms with Crippen LogP contribution in [0, 0.1) is 18.8 Å². The standard InChI is InChI=1S/C24H26F5N7O3/c1-12-19(35-39-34-12)22(38)33-20(14-4-6-23(25,26)7-5-14)16-11-36-18(31-16)9-13(10-30-36)8-15-2-3-17(24(27,28)29)32-21(15)37/h9-11,14-15,17,20H,2-8H2,1H3,(H,32,37)(H,33,38)/t15-,17+,20+/m1/s1. The van der Waals surface area contributed by atoms with Crippen molar-refractivity contribution < 1.29 is 36.2 Å². The zero-order valence-corrected chi connectivity index (χ0v) is 20.8. The van der Waals surface area contributed by atoms with E-state index in [1.807, 2.05) is 5.32 Å². The molecule has 3 aromatic rings. The number of alkyl halides is 5. The molecule has 1 saturated carbocycles. The molecule has 10 nitrogen and oxygen atoms in total. The third-order valence-corrected chi connectivity index (χ3v) is 7.47. The molecule has 2 aliphatic rings. The molecule has 1 aliphatic carbocycles. The van der Waals surface area contributed by atoms with Crippen molar-refractivity contribution >= 4 is 17.5 Å². The largest absolute Gasteiger partial charge is 0.408 e. The van der Waals surface area contributed by atoms with E-state index in [-0.39, 0.29) is 62.3 Å². The van der Waals surface area contributed by atoms with Crippen molar-refractivity contribution in [2.75, 3.05) is 0 Å². The van der Waals surface area contributed by atoms with Gasteiger partial charge >= 0.3 is 6.18 Å². The molecule has 2 fully saturated rings. The fourth-order valence-corrected chi connectivity index (χ4v) is 5.26. The van der Waals surface area contributed by atoms with Crippen LogP contribution in [0.1, 0.15) is 72.0 Å². The summed E-state index contributed by atoms with van der Waals surface area (Å²) in [5.74, 6) is -4.98. The second-order valence-electron chi connectivity index (χ2n) is 10.3. The normalized spacial score (nSPS) is 23.0. The van der Waals surface area contributed by atoms with Crippen LogP contribution in [0.5, 0.6) is 0 Å². The summed E-state index contributed by atoms with van der Waals surface area (Å²) in [6.45, 7) is 1.55. The Hall–Kier alpha value is -3.65. The molecule has 0 spiro atoms. The van der Waals surface area contributed by atoms with Gasteiger partial charge < -0.3 is 10.6 Å². The minimum atomic E-state index is -4.49. The van der Waals surface area contributed by atoms with E-state index < -0.39 is 41.9 Å². The Morgan fingerprint density at radius 1 is 1.23 bits per heavy atom.